The second-order valence-electron chi connectivity index (χ2n) is 3.84. The standard InChI is InChI=1S/C10H16BrNO2S2/c1-7(16(3,13)14)9(12-2)6-8-4-5-10(11)15-8/h4-5,7,9,12H,6H2,1-3H3. The first-order valence-corrected chi connectivity index (χ1v) is 8.51. The number of halogens is 1. The van der Waals surface area contributed by atoms with E-state index in [1.165, 1.54) is 11.1 Å². The SMILES string of the molecule is CNC(Cc1ccc(Br)s1)C(C)S(C)(=O)=O. The van der Waals surface area contributed by atoms with E-state index in [2.05, 4.69) is 21.2 Å². The summed E-state index contributed by atoms with van der Waals surface area (Å²) in [5.41, 5.74) is 0. The topological polar surface area (TPSA) is 46.2 Å². The van der Waals surface area contributed by atoms with Crippen LogP contribution in [0, 0.1) is 0 Å². The van der Waals surface area contributed by atoms with Gasteiger partial charge in [-0.2, -0.15) is 0 Å². The molecule has 0 radical (unpaired) electrons. The molecule has 0 bridgehead atoms. The maximum atomic E-state index is 11.5. The van der Waals surface area contributed by atoms with E-state index in [1.54, 1.807) is 25.3 Å². The lowest BCUT2D eigenvalue weighted by atomic mass is 10.1. The third-order valence-electron chi connectivity index (χ3n) is 2.66. The van der Waals surface area contributed by atoms with Crippen molar-refractivity contribution in [2.24, 2.45) is 0 Å². The minimum Gasteiger partial charge on any atom is -0.315 e. The van der Waals surface area contributed by atoms with E-state index in [-0.39, 0.29) is 11.3 Å². The highest BCUT2D eigenvalue weighted by molar-refractivity contribution is 9.11. The molecule has 0 aliphatic heterocycles. The zero-order chi connectivity index (χ0) is 12.3. The largest absolute Gasteiger partial charge is 0.315 e. The van der Waals surface area contributed by atoms with Crippen molar-refractivity contribution in [3.63, 3.8) is 0 Å². The molecule has 1 aromatic rings. The van der Waals surface area contributed by atoms with E-state index in [4.69, 9.17) is 0 Å². The zero-order valence-electron chi connectivity index (χ0n) is 9.53. The third kappa shape index (κ3) is 3.84. The van der Waals surface area contributed by atoms with E-state index in [0.717, 1.165) is 10.2 Å². The first kappa shape index (κ1) is 14.2. The van der Waals surface area contributed by atoms with Gasteiger partial charge in [0.05, 0.1) is 9.04 Å². The van der Waals surface area contributed by atoms with E-state index < -0.39 is 9.84 Å². The fraction of sp³-hybridized carbons (Fsp3) is 0.600. The molecule has 0 aliphatic rings. The maximum absolute atomic E-state index is 11.5. The van der Waals surface area contributed by atoms with Crippen molar-refractivity contribution in [2.75, 3.05) is 13.3 Å². The van der Waals surface area contributed by atoms with Gasteiger partial charge in [0.2, 0.25) is 0 Å². The van der Waals surface area contributed by atoms with Crippen molar-refractivity contribution in [1.29, 1.82) is 0 Å². The van der Waals surface area contributed by atoms with Crippen LogP contribution < -0.4 is 5.32 Å². The van der Waals surface area contributed by atoms with Gasteiger partial charge in [0.25, 0.3) is 0 Å². The van der Waals surface area contributed by atoms with Gasteiger partial charge in [0, 0.05) is 17.2 Å². The predicted octanol–water partition coefficient (Wildman–Crippen LogP) is 2.07. The zero-order valence-corrected chi connectivity index (χ0v) is 12.7. The van der Waals surface area contributed by atoms with E-state index in [1.807, 2.05) is 12.1 Å². The molecule has 0 aliphatic carbocycles. The highest BCUT2D eigenvalue weighted by atomic mass is 79.9. The van der Waals surface area contributed by atoms with Gasteiger partial charge in [0.15, 0.2) is 9.84 Å². The van der Waals surface area contributed by atoms with Crippen molar-refractivity contribution in [3.8, 4) is 0 Å². The molecule has 1 aromatic heterocycles. The molecule has 0 spiro atoms. The minimum atomic E-state index is -3.00. The Balaban J connectivity index is 2.77. The van der Waals surface area contributed by atoms with Crippen LogP contribution in [0.25, 0.3) is 0 Å². The van der Waals surface area contributed by atoms with Crippen molar-refractivity contribution < 1.29 is 8.42 Å². The van der Waals surface area contributed by atoms with Crippen LogP contribution >= 0.6 is 27.3 Å². The lowest BCUT2D eigenvalue weighted by Gasteiger charge is -2.21. The van der Waals surface area contributed by atoms with Crippen molar-refractivity contribution >= 4 is 37.1 Å². The number of hydrogen-bond acceptors (Lipinski definition) is 4. The van der Waals surface area contributed by atoms with Gasteiger partial charge < -0.3 is 5.32 Å². The Kier molecular flexibility index (Phi) is 4.97. The van der Waals surface area contributed by atoms with Crippen molar-refractivity contribution in [2.45, 2.75) is 24.6 Å². The van der Waals surface area contributed by atoms with Gasteiger partial charge in [-0.05, 0) is 48.5 Å². The molecular formula is C10H16BrNO2S2. The Morgan fingerprint density at radius 1 is 1.50 bits per heavy atom. The van der Waals surface area contributed by atoms with Crippen molar-refractivity contribution in [3.05, 3.63) is 20.8 Å². The molecule has 92 valence electrons. The molecule has 0 aromatic carbocycles. The Hall–Kier alpha value is 0.0900. The number of nitrogens with one attached hydrogen (secondary N) is 1. The summed E-state index contributed by atoms with van der Waals surface area (Å²) in [6.07, 6.45) is 2.02. The Morgan fingerprint density at radius 2 is 2.12 bits per heavy atom. The molecule has 1 heterocycles. The number of rotatable bonds is 5. The summed E-state index contributed by atoms with van der Waals surface area (Å²) < 4.78 is 24.0. The molecule has 1 rings (SSSR count). The van der Waals surface area contributed by atoms with Gasteiger partial charge in [0.1, 0.15) is 0 Å². The van der Waals surface area contributed by atoms with Crippen LogP contribution in [-0.4, -0.2) is 33.0 Å². The average Bonchev–Trinajstić information content (AvgIpc) is 2.58. The number of likely N-dealkylation sites (N-methyl/N-ethyl adjacent to an activating group) is 1. The fourth-order valence-corrected chi connectivity index (χ4v) is 3.85. The quantitative estimate of drug-likeness (QED) is 0.901. The molecule has 0 fully saturated rings. The van der Waals surface area contributed by atoms with Crippen LogP contribution in [0.5, 0.6) is 0 Å². The van der Waals surface area contributed by atoms with Gasteiger partial charge in [-0.3, -0.25) is 0 Å². The predicted molar refractivity (Wildman–Crippen MR) is 72.9 cm³/mol. The Bertz CT molecular complexity index is 441. The van der Waals surface area contributed by atoms with E-state index in [9.17, 15) is 8.42 Å². The average molecular weight is 326 g/mol. The second-order valence-corrected chi connectivity index (χ2v) is 8.79. The normalized spacial score (nSPS) is 16.0. The Morgan fingerprint density at radius 3 is 2.50 bits per heavy atom. The molecule has 0 saturated heterocycles. The van der Waals surface area contributed by atoms with Crippen LogP contribution in [0.15, 0.2) is 15.9 Å². The van der Waals surface area contributed by atoms with Crippen LogP contribution in [-0.2, 0) is 16.3 Å². The number of thiophene rings is 1. The summed E-state index contributed by atoms with van der Waals surface area (Å²) in [5.74, 6) is 0. The molecule has 16 heavy (non-hydrogen) atoms. The summed E-state index contributed by atoms with van der Waals surface area (Å²) in [6, 6.07) is 3.96. The lowest BCUT2D eigenvalue weighted by molar-refractivity contribution is 0.518. The smallest absolute Gasteiger partial charge is 0.151 e. The lowest BCUT2D eigenvalue weighted by Crippen LogP contribution is -2.41. The van der Waals surface area contributed by atoms with Crippen molar-refractivity contribution in [1.82, 2.24) is 5.32 Å². The molecule has 3 nitrogen and oxygen atoms in total. The highest BCUT2D eigenvalue weighted by Gasteiger charge is 2.25. The van der Waals surface area contributed by atoms with Gasteiger partial charge >= 0.3 is 0 Å². The molecule has 2 unspecified atom stereocenters. The molecule has 6 heteroatoms. The summed E-state index contributed by atoms with van der Waals surface area (Å²) in [4.78, 5) is 1.18. The van der Waals surface area contributed by atoms with Gasteiger partial charge in [-0.25, -0.2) is 8.42 Å². The van der Waals surface area contributed by atoms with E-state index in [0.29, 0.717) is 0 Å². The van der Waals surface area contributed by atoms with Gasteiger partial charge in [-0.1, -0.05) is 0 Å². The van der Waals surface area contributed by atoms with Gasteiger partial charge in [-0.15, -0.1) is 11.3 Å². The van der Waals surface area contributed by atoms with Crippen LogP contribution in [0.1, 0.15) is 11.8 Å². The monoisotopic (exact) mass is 325 g/mol. The molecule has 1 N–H and O–H groups in total. The fourth-order valence-electron chi connectivity index (χ4n) is 1.48. The first-order chi connectivity index (χ1) is 7.34. The number of hydrogen-bond donors (Lipinski definition) is 1. The highest BCUT2D eigenvalue weighted by Crippen LogP contribution is 2.24. The summed E-state index contributed by atoms with van der Waals surface area (Å²) in [5, 5.41) is 2.70. The summed E-state index contributed by atoms with van der Waals surface area (Å²) in [7, 11) is -1.20. The minimum absolute atomic E-state index is 0.0412. The van der Waals surface area contributed by atoms with Crippen LogP contribution in [0.4, 0.5) is 0 Å². The summed E-state index contributed by atoms with van der Waals surface area (Å²) in [6.45, 7) is 1.75. The third-order valence-corrected chi connectivity index (χ3v) is 5.99. The molecule has 0 amide bonds. The van der Waals surface area contributed by atoms with Crippen LogP contribution in [0.3, 0.4) is 0 Å². The Labute approximate surface area is 109 Å². The van der Waals surface area contributed by atoms with Crippen LogP contribution in [0.2, 0.25) is 0 Å². The first-order valence-electron chi connectivity index (χ1n) is 4.95. The summed E-state index contributed by atoms with van der Waals surface area (Å²) >= 11 is 5.04. The molecule has 0 saturated carbocycles. The van der Waals surface area contributed by atoms with E-state index >= 15 is 0 Å². The molecule has 2 atom stereocenters. The second kappa shape index (κ2) is 5.62. The molecular weight excluding hydrogens is 310 g/mol. The maximum Gasteiger partial charge on any atom is 0.151 e. The number of sulfone groups is 1.